The normalized spacial score (nSPS) is 15.0. The van der Waals surface area contributed by atoms with Crippen molar-refractivity contribution in [3.63, 3.8) is 0 Å². The lowest BCUT2D eigenvalue weighted by Crippen LogP contribution is -2.17. The fraction of sp³-hybridized carbons (Fsp3) is 0.625. The summed E-state index contributed by atoms with van der Waals surface area (Å²) in [5, 5.41) is 9.64. The van der Waals surface area contributed by atoms with E-state index in [1.165, 1.54) is 31.2 Å². The van der Waals surface area contributed by atoms with E-state index in [1.807, 2.05) is 13.8 Å². The third-order valence-electron chi connectivity index (χ3n) is 3.67. The predicted octanol–water partition coefficient (Wildman–Crippen LogP) is 3.66. The second kappa shape index (κ2) is 5.22. The van der Waals surface area contributed by atoms with Crippen molar-refractivity contribution in [1.82, 2.24) is 0 Å². The van der Waals surface area contributed by atoms with E-state index in [4.69, 9.17) is 0 Å². The summed E-state index contributed by atoms with van der Waals surface area (Å²) in [7, 11) is 0. The van der Waals surface area contributed by atoms with E-state index in [0.717, 1.165) is 19.3 Å². The van der Waals surface area contributed by atoms with Crippen LogP contribution in [0.4, 0.5) is 0 Å². The zero-order valence-electron chi connectivity index (χ0n) is 11.1. The lowest BCUT2D eigenvalue weighted by molar-refractivity contribution is 0.0682. The fourth-order valence-electron chi connectivity index (χ4n) is 2.67. The maximum Gasteiger partial charge on any atom is 0.0591 e. The highest BCUT2D eigenvalue weighted by atomic mass is 16.3. The zero-order chi connectivity index (χ0) is 12.3. The first-order valence-electron chi connectivity index (χ1n) is 6.88. The van der Waals surface area contributed by atoms with Gasteiger partial charge in [0.25, 0.3) is 0 Å². The Kier molecular flexibility index (Phi) is 3.88. The smallest absolute Gasteiger partial charge is 0.0591 e. The van der Waals surface area contributed by atoms with Crippen molar-refractivity contribution in [1.29, 1.82) is 0 Å². The third kappa shape index (κ3) is 3.85. The van der Waals surface area contributed by atoms with Crippen LogP contribution in [0.1, 0.15) is 56.2 Å². The third-order valence-corrected chi connectivity index (χ3v) is 3.67. The molecule has 0 aromatic heterocycles. The molecule has 1 nitrogen and oxygen atoms in total. The number of hydrogen-bond donors (Lipinski definition) is 1. The Morgan fingerprint density at radius 3 is 2.65 bits per heavy atom. The lowest BCUT2D eigenvalue weighted by atomic mass is 9.98. The van der Waals surface area contributed by atoms with Crippen LogP contribution in [-0.4, -0.2) is 10.7 Å². The molecule has 0 unspecified atom stereocenters. The molecule has 17 heavy (non-hydrogen) atoms. The zero-order valence-corrected chi connectivity index (χ0v) is 11.1. The molecule has 94 valence electrons. The summed E-state index contributed by atoms with van der Waals surface area (Å²) in [5.74, 6) is 0. The average Bonchev–Trinajstić information content (AvgIpc) is 2.70. The Bertz CT molecular complexity index is 374. The fourth-order valence-corrected chi connectivity index (χ4v) is 2.67. The molecule has 1 aliphatic carbocycles. The standard InChI is InChI=1S/C16H24O/c1-16(2,17)11-4-3-6-13-9-10-14-7-5-8-15(14)12-13/h9-10,12,17H,3-8,11H2,1-2H3. The molecule has 0 atom stereocenters. The molecule has 0 spiro atoms. The highest BCUT2D eigenvalue weighted by Crippen LogP contribution is 2.23. The molecule has 0 bridgehead atoms. The van der Waals surface area contributed by atoms with Gasteiger partial charge in [0, 0.05) is 0 Å². The van der Waals surface area contributed by atoms with Crippen LogP contribution < -0.4 is 0 Å². The van der Waals surface area contributed by atoms with Gasteiger partial charge in [0.1, 0.15) is 0 Å². The molecule has 0 saturated heterocycles. The first kappa shape index (κ1) is 12.6. The molecule has 1 N–H and O–H groups in total. The van der Waals surface area contributed by atoms with Crippen LogP contribution in [0.5, 0.6) is 0 Å². The molecule has 0 saturated carbocycles. The van der Waals surface area contributed by atoms with Gasteiger partial charge in [-0.05, 0) is 69.1 Å². The van der Waals surface area contributed by atoms with E-state index in [1.54, 1.807) is 11.1 Å². The minimum atomic E-state index is -0.502. The molecular formula is C16H24O. The Morgan fingerprint density at radius 2 is 1.88 bits per heavy atom. The van der Waals surface area contributed by atoms with E-state index >= 15 is 0 Å². The maximum atomic E-state index is 9.64. The van der Waals surface area contributed by atoms with E-state index in [9.17, 15) is 5.11 Å². The summed E-state index contributed by atoms with van der Waals surface area (Å²) < 4.78 is 0. The van der Waals surface area contributed by atoms with Crippen LogP contribution in [0.2, 0.25) is 0 Å². The Morgan fingerprint density at radius 1 is 1.12 bits per heavy atom. The van der Waals surface area contributed by atoms with Gasteiger partial charge in [0.05, 0.1) is 5.60 Å². The molecule has 0 fully saturated rings. The van der Waals surface area contributed by atoms with Crippen LogP contribution in [0.25, 0.3) is 0 Å². The largest absolute Gasteiger partial charge is 0.390 e. The topological polar surface area (TPSA) is 20.2 Å². The minimum absolute atomic E-state index is 0.502. The Balaban J connectivity index is 1.80. The molecule has 1 aliphatic rings. The molecule has 0 radical (unpaired) electrons. The van der Waals surface area contributed by atoms with Crippen molar-refractivity contribution >= 4 is 0 Å². The van der Waals surface area contributed by atoms with Gasteiger partial charge in [-0.25, -0.2) is 0 Å². The van der Waals surface area contributed by atoms with Crippen LogP contribution in [-0.2, 0) is 19.3 Å². The van der Waals surface area contributed by atoms with Gasteiger partial charge in [-0.3, -0.25) is 0 Å². The highest BCUT2D eigenvalue weighted by Gasteiger charge is 2.12. The van der Waals surface area contributed by atoms with Crippen molar-refractivity contribution in [3.05, 3.63) is 34.9 Å². The van der Waals surface area contributed by atoms with Crippen molar-refractivity contribution in [2.75, 3.05) is 0 Å². The summed E-state index contributed by atoms with van der Waals surface area (Å²) in [5.41, 5.74) is 4.11. The van der Waals surface area contributed by atoms with E-state index in [-0.39, 0.29) is 0 Å². The van der Waals surface area contributed by atoms with Gasteiger partial charge in [-0.2, -0.15) is 0 Å². The van der Waals surface area contributed by atoms with Gasteiger partial charge in [-0.15, -0.1) is 0 Å². The first-order valence-corrected chi connectivity index (χ1v) is 6.88. The molecular weight excluding hydrogens is 208 g/mol. The Hall–Kier alpha value is -0.820. The molecule has 0 amide bonds. The van der Waals surface area contributed by atoms with Crippen molar-refractivity contribution < 1.29 is 5.11 Å². The van der Waals surface area contributed by atoms with E-state index in [2.05, 4.69) is 18.2 Å². The highest BCUT2D eigenvalue weighted by molar-refractivity contribution is 5.35. The quantitative estimate of drug-likeness (QED) is 0.768. The molecule has 0 heterocycles. The summed E-state index contributed by atoms with van der Waals surface area (Å²) in [6.45, 7) is 3.78. The number of rotatable bonds is 5. The number of fused-ring (bicyclic) bond motifs is 1. The monoisotopic (exact) mass is 232 g/mol. The van der Waals surface area contributed by atoms with Crippen molar-refractivity contribution in [2.24, 2.45) is 0 Å². The van der Waals surface area contributed by atoms with Gasteiger partial charge >= 0.3 is 0 Å². The van der Waals surface area contributed by atoms with Gasteiger partial charge < -0.3 is 5.11 Å². The lowest BCUT2D eigenvalue weighted by Gasteiger charge is -2.16. The Labute approximate surface area is 105 Å². The summed E-state index contributed by atoms with van der Waals surface area (Å²) in [4.78, 5) is 0. The molecule has 1 aromatic rings. The first-order chi connectivity index (χ1) is 8.04. The summed E-state index contributed by atoms with van der Waals surface area (Å²) in [6.07, 6.45) is 8.23. The van der Waals surface area contributed by atoms with Crippen LogP contribution in [0, 0.1) is 0 Å². The van der Waals surface area contributed by atoms with Gasteiger partial charge in [0.2, 0.25) is 0 Å². The number of aryl methyl sites for hydroxylation is 3. The van der Waals surface area contributed by atoms with Crippen molar-refractivity contribution in [3.8, 4) is 0 Å². The predicted molar refractivity (Wildman–Crippen MR) is 72.3 cm³/mol. The van der Waals surface area contributed by atoms with Gasteiger partial charge in [-0.1, -0.05) is 24.6 Å². The number of benzene rings is 1. The molecule has 0 aliphatic heterocycles. The molecule has 1 aromatic carbocycles. The number of unbranched alkanes of at least 4 members (excludes halogenated alkanes) is 1. The number of hydrogen-bond acceptors (Lipinski definition) is 1. The van der Waals surface area contributed by atoms with E-state index < -0.39 is 5.60 Å². The number of aliphatic hydroxyl groups is 1. The van der Waals surface area contributed by atoms with Crippen LogP contribution >= 0.6 is 0 Å². The van der Waals surface area contributed by atoms with Crippen molar-refractivity contribution in [2.45, 2.75) is 64.4 Å². The van der Waals surface area contributed by atoms with Gasteiger partial charge in [0.15, 0.2) is 0 Å². The minimum Gasteiger partial charge on any atom is -0.390 e. The summed E-state index contributed by atoms with van der Waals surface area (Å²) in [6, 6.07) is 6.99. The molecule has 1 heteroatoms. The maximum absolute atomic E-state index is 9.64. The van der Waals surface area contributed by atoms with E-state index in [0.29, 0.717) is 0 Å². The summed E-state index contributed by atoms with van der Waals surface area (Å²) >= 11 is 0. The second-order valence-electron chi connectivity index (χ2n) is 5.98. The second-order valence-corrected chi connectivity index (χ2v) is 5.98. The SMILES string of the molecule is CC(C)(O)CCCCc1ccc2c(c1)CCC2. The molecule has 2 rings (SSSR count). The van der Waals surface area contributed by atoms with Crippen LogP contribution in [0.3, 0.4) is 0 Å². The van der Waals surface area contributed by atoms with Crippen LogP contribution in [0.15, 0.2) is 18.2 Å². The average molecular weight is 232 g/mol.